The van der Waals surface area contributed by atoms with Crippen LogP contribution in [0.2, 0.25) is 0 Å². The van der Waals surface area contributed by atoms with Gasteiger partial charge in [0.2, 0.25) is 0 Å². The molecule has 4 rings (SSSR count). The molecule has 2 aromatic rings. The van der Waals surface area contributed by atoms with Gasteiger partial charge in [0.25, 0.3) is 10.0 Å². The van der Waals surface area contributed by atoms with E-state index in [1.807, 2.05) is 30.3 Å². The van der Waals surface area contributed by atoms with E-state index in [0.29, 0.717) is 0 Å². The van der Waals surface area contributed by atoms with Crippen molar-refractivity contribution in [1.82, 2.24) is 10.0 Å². The van der Waals surface area contributed by atoms with Gasteiger partial charge >= 0.3 is 5.97 Å². The molecule has 1 fully saturated rings. The fraction of sp³-hybridized carbons (Fsp3) is 0.316. The quantitative estimate of drug-likeness (QED) is 0.687. The summed E-state index contributed by atoms with van der Waals surface area (Å²) in [6, 6.07) is 12.5. The molecule has 0 saturated heterocycles. The fourth-order valence-electron chi connectivity index (χ4n) is 3.52. The highest BCUT2D eigenvalue weighted by atomic mass is 32.2. The molecular formula is C19H20N2O4S2. The van der Waals surface area contributed by atoms with E-state index in [-0.39, 0.29) is 16.5 Å². The highest BCUT2D eigenvalue weighted by Gasteiger charge is 2.63. The van der Waals surface area contributed by atoms with Crippen molar-refractivity contribution >= 4 is 32.9 Å². The predicted octanol–water partition coefficient (Wildman–Crippen LogP) is 2.41. The monoisotopic (exact) mass is 404 g/mol. The molecule has 2 heterocycles. The topological polar surface area (TPSA) is 95.5 Å². The Morgan fingerprint density at radius 1 is 1.22 bits per heavy atom. The van der Waals surface area contributed by atoms with Crippen LogP contribution in [-0.4, -0.2) is 38.1 Å². The van der Waals surface area contributed by atoms with Crippen molar-refractivity contribution in [1.29, 1.82) is 0 Å². The fourth-order valence-corrected chi connectivity index (χ4v) is 6.30. The molecule has 27 heavy (non-hydrogen) atoms. The lowest BCUT2D eigenvalue weighted by Crippen LogP contribution is -2.44. The SMILES string of the molecule is O=C(O)C1(NS(=O)(=O)c2ccc(C3=CCNCC3)s2)C[C@@H]1c1ccccc1. The minimum Gasteiger partial charge on any atom is -0.480 e. The lowest BCUT2D eigenvalue weighted by Gasteiger charge is -2.15. The Balaban J connectivity index is 1.58. The normalized spacial score (nSPS) is 25.0. The third-order valence-corrected chi connectivity index (χ3v) is 8.25. The first kappa shape index (κ1) is 18.4. The van der Waals surface area contributed by atoms with Gasteiger partial charge in [-0.05, 0) is 42.7 Å². The van der Waals surface area contributed by atoms with Crippen molar-refractivity contribution in [3.63, 3.8) is 0 Å². The smallest absolute Gasteiger partial charge is 0.325 e. The first-order chi connectivity index (χ1) is 12.9. The molecule has 2 atom stereocenters. The van der Waals surface area contributed by atoms with Crippen LogP contribution in [0.25, 0.3) is 5.57 Å². The number of hydrogen-bond acceptors (Lipinski definition) is 5. The minimum atomic E-state index is -3.91. The predicted molar refractivity (Wildman–Crippen MR) is 104 cm³/mol. The maximum atomic E-state index is 12.9. The van der Waals surface area contributed by atoms with Gasteiger partial charge in [0.05, 0.1) is 0 Å². The zero-order valence-corrected chi connectivity index (χ0v) is 16.1. The highest BCUT2D eigenvalue weighted by Crippen LogP contribution is 2.52. The van der Waals surface area contributed by atoms with Crippen LogP contribution in [0, 0.1) is 0 Å². The van der Waals surface area contributed by atoms with E-state index in [0.717, 1.165) is 35.5 Å². The summed E-state index contributed by atoms with van der Waals surface area (Å²) in [5.74, 6) is -1.50. The molecule has 0 bridgehead atoms. The van der Waals surface area contributed by atoms with Crippen molar-refractivity contribution in [3.05, 3.63) is 59.0 Å². The zero-order valence-electron chi connectivity index (χ0n) is 14.5. The Hall–Kier alpha value is -2.00. The average Bonchev–Trinajstić information content (AvgIpc) is 3.16. The summed E-state index contributed by atoms with van der Waals surface area (Å²) in [6.45, 7) is 1.64. The van der Waals surface area contributed by atoms with Gasteiger partial charge in [-0.3, -0.25) is 4.79 Å². The first-order valence-corrected chi connectivity index (χ1v) is 11.0. The summed E-state index contributed by atoms with van der Waals surface area (Å²) in [5, 5.41) is 12.9. The van der Waals surface area contributed by atoms with Crippen molar-refractivity contribution < 1.29 is 18.3 Å². The third-order valence-electron chi connectivity index (χ3n) is 5.09. The second-order valence-electron chi connectivity index (χ2n) is 6.85. The Bertz CT molecular complexity index is 998. The molecule has 6 nitrogen and oxygen atoms in total. The molecule has 0 amide bonds. The Morgan fingerprint density at radius 3 is 2.67 bits per heavy atom. The van der Waals surface area contributed by atoms with Crippen LogP contribution in [0.15, 0.2) is 52.7 Å². The van der Waals surface area contributed by atoms with Crippen molar-refractivity contribution in [2.75, 3.05) is 13.1 Å². The number of carboxylic acid groups (broad SMARTS) is 1. The van der Waals surface area contributed by atoms with Crippen molar-refractivity contribution in [2.24, 2.45) is 0 Å². The summed E-state index contributed by atoms with van der Waals surface area (Å²) in [6.07, 6.45) is 3.16. The van der Waals surface area contributed by atoms with E-state index in [4.69, 9.17) is 0 Å². The van der Waals surface area contributed by atoms with Crippen LogP contribution in [-0.2, 0) is 14.8 Å². The van der Waals surface area contributed by atoms with E-state index in [2.05, 4.69) is 16.1 Å². The number of hydrogen-bond donors (Lipinski definition) is 3. The molecule has 0 radical (unpaired) electrons. The van der Waals surface area contributed by atoms with Gasteiger partial charge < -0.3 is 10.4 Å². The average molecular weight is 405 g/mol. The van der Waals surface area contributed by atoms with Crippen LogP contribution in [0.4, 0.5) is 0 Å². The lowest BCUT2D eigenvalue weighted by molar-refractivity contribution is -0.140. The molecule has 142 valence electrons. The van der Waals surface area contributed by atoms with Gasteiger partial charge in [-0.25, -0.2) is 8.42 Å². The summed E-state index contributed by atoms with van der Waals surface area (Å²) >= 11 is 1.18. The van der Waals surface area contributed by atoms with Crippen LogP contribution in [0.5, 0.6) is 0 Å². The molecule has 1 aromatic carbocycles. The number of sulfonamides is 1. The molecule has 0 spiro atoms. The molecule has 1 saturated carbocycles. The summed E-state index contributed by atoms with van der Waals surface area (Å²) in [4.78, 5) is 12.8. The Morgan fingerprint density at radius 2 is 2.00 bits per heavy atom. The summed E-state index contributed by atoms with van der Waals surface area (Å²) in [5.41, 5.74) is 0.481. The Labute approximate surface area is 162 Å². The van der Waals surface area contributed by atoms with E-state index in [1.54, 1.807) is 12.1 Å². The number of carboxylic acids is 1. The molecule has 1 aliphatic heterocycles. The maximum absolute atomic E-state index is 12.9. The molecule has 3 N–H and O–H groups in total. The van der Waals surface area contributed by atoms with E-state index in [1.165, 1.54) is 11.3 Å². The number of aliphatic carboxylic acids is 1. The summed E-state index contributed by atoms with van der Waals surface area (Å²) in [7, 11) is -3.91. The lowest BCUT2D eigenvalue weighted by atomic mass is 10.1. The third kappa shape index (κ3) is 3.45. The van der Waals surface area contributed by atoms with E-state index in [9.17, 15) is 18.3 Å². The van der Waals surface area contributed by atoms with Gasteiger partial charge in [-0.1, -0.05) is 36.4 Å². The number of carbonyl (C=O) groups is 1. The largest absolute Gasteiger partial charge is 0.480 e. The molecule has 1 aliphatic carbocycles. The minimum absolute atomic E-state index is 0.149. The molecule has 2 aliphatic rings. The van der Waals surface area contributed by atoms with Gasteiger partial charge in [0.15, 0.2) is 0 Å². The standard InChI is InChI=1S/C19H20N2O4S2/c22-18(23)19(12-15(19)13-4-2-1-3-5-13)21-27(24,25)17-7-6-16(26-17)14-8-10-20-11-9-14/h1-8,15,20-21H,9-12H2,(H,22,23)/t15-,19?/m1/s1. The molecular weight excluding hydrogens is 384 g/mol. The second-order valence-corrected chi connectivity index (χ2v) is 9.84. The van der Waals surface area contributed by atoms with Crippen molar-refractivity contribution in [2.45, 2.75) is 28.5 Å². The molecule has 1 aromatic heterocycles. The van der Waals surface area contributed by atoms with Gasteiger partial charge in [0, 0.05) is 17.3 Å². The van der Waals surface area contributed by atoms with E-state index >= 15 is 0 Å². The molecule has 8 heteroatoms. The van der Waals surface area contributed by atoms with Crippen molar-refractivity contribution in [3.8, 4) is 0 Å². The van der Waals surface area contributed by atoms with Crippen LogP contribution >= 0.6 is 11.3 Å². The van der Waals surface area contributed by atoms with Gasteiger partial charge in [-0.15, -0.1) is 11.3 Å². The summed E-state index contributed by atoms with van der Waals surface area (Å²) < 4.78 is 28.4. The first-order valence-electron chi connectivity index (χ1n) is 8.75. The van der Waals surface area contributed by atoms with Gasteiger partial charge in [0.1, 0.15) is 9.75 Å². The molecule has 1 unspecified atom stereocenters. The van der Waals surface area contributed by atoms with Gasteiger partial charge in [-0.2, -0.15) is 4.72 Å². The number of rotatable bonds is 6. The zero-order chi connectivity index (χ0) is 19.1. The number of nitrogens with one attached hydrogen (secondary N) is 2. The van der Waals surface area contributed by atoms with E-state index < -0.39 is 21.5 Å². The van der Waals surface area contributed by atoms with Crippen LogP contribution in [0.1, 0.15) is 29.2 Å². The van der Waals surface area contributed by atoms with Crippen LogP contribution in [0.3, 0.4) is 0 Å². The number of benzene rings is 1. The number of thiophene rings is 1. The maximum Gasteiger partial charge on any atom is 0.325 e. The van der Waals surface area contributed by atoms with Crippen LogP contribution < -0.4 is 10.0 Å². The second kappa shape index (κ2) is 6.87. The highest BCUT2D eigenvalue weighted by molar-refractivity contribution is 7.91. The Kier molecular flexibility index (Phi) is 4.67.